The number of hydrogen-bond acceptors (Lipinski definition) is 5. The molecule has 3 N–H and O–H groups in total. The predicted octanol–water partition coefficient (Wildman–Crippen LogP) is 2.57. The monoisotopic (exact) mass is 472 g/mol. The molecule has 0 bridgehead atoms. The molecule has 0 saturated carbocycles. The minimum Gasteiger partial charge on any atom is -0.383 e. The quantitative estimate of drug-likeness (QED) is 0.428. The van der Waals surface area contributed by atoms with Crippen molar-refractivity contribution in [1.29, 1.82) is 0 Å². The summed E-state index contributed by atoms with van der Waals surface area (Å²) in [6.45, 7) is 4.06. The fourth-order valence-electron chi connectivity index (χ4n) is 4.21. The van der Waals surface area contributed by atoms with Gasteiger partial charge >= 0.3 is 5.69 Å². The number of rotatable bonds is 7. The van der Waals surface area contributed by atoms with Crippen LogP contribution in [0.1, 0.15) is 28.9 Å². The Kier molecular flexibility index (Phi) is 6.68. The number of nitrogen functional groups attached to an aromatic ring is 1. The molecular weight excluding hydrogens is 444 g/mol. The highest BCUT2D eigenvalue weighted by Crippen LogP contribution is 2.21. The van der Waals surface area contributed by atoms with E-state index in [4.69, 9.17) is 5.73 Å². The predicted molar refractivity (Wildman–Crippen MR) is 136 cm³/mol. The maximum atomic E-state index is 13.1. The number of anilines is 2. The molecule has 0 fully saturated rings. The van der Waals surface area contributed by atoms with Crippen molar-refractivity contribution in [2.75, 3.05) is 17.7 Å². The van der Waals surface area contributed by atoms with Gasteiger partial charge in [-0.1, -0.05) is 48.5 Å². The molecule has 0 aliphatic rings. The summed E-state index contributed by atoms with van der Waals surface area (Å²) in [4.78, 5) is 41.6. The second-order valence-electron chi connectivity index (χ2n) is 8.41. The van der Waals surface area contributed by atoms with Gasteiger partial charge in [-0.15, -0.1) is 0 Å². The van der Waals surface area contributed by atoms with Crippen LogP contribution in [0.4, 0.5) is 11.5 Å². The first-order valence-corrected chi connectivity index (χ1v) is 11.3. The van der Waals surface area contributed by atoms with Crippen LogP contribution >= 0.6 is 0 Å². The van der Waals surface area contributed by atoms with Gasteiger partial charge in [-0.2, -0.15) is 5.10 Å². The standard InChI is InChI=1S/C26H28N6O3/c1-17-21(18(2)32(29-17)20-12-8-5-9-13-20)14-15-22(33)30(3)23-24(27)31(26(35)28-25(23)34)16-19-10-6-4-7-11-19/h4-13H,14-16,27H2,1-3H3,(H,28,34,35). The lowest BCUT2D eigenvalue weighted by molar-refractivity contribution is -0.118. The Labute approximate surface area is 202 Å². The zero-order valence-electron chi connectivity index (χ0n) is 20.0. The molecule has 1 amide bonds. The van der Waals surface area contributed by atoms with Gasteiger partial charge in [0.1, 0.15) is 5.82 Å². The van der Waals surface area contributed by atoms with Crippen molar-refractivity contribution < 1.29 is 4.79 Å². The molecule has 9 heteroatoms. The largest absolute Gasteiger partial charge is 0.383 e. The van der Waals surface area contributed by atoms with Crippen LogP contribution in [0, 0.1) is 13.8 Å². The number of aryl methyl sites for hydroxylation is 1. The Hall–Kier alpha value is -4.40. The van der Waals surface area contributed by atoms with Crippen LogP contribution in [0.25, 0.3) is 5.69 Å². The van der Waals surface area contributed by atoms with E-state index in [0.717, 1.165) is 28.2 Å². The third-order valence-corrected chi connectivity index (χ3v) is 6.14. The van der Waals surface area contributed by atoms with E-state index in [1.54, 1.807) is 0 Å². The molecular formula is C26H28N6O3. The smallest absolute Gasteiger partial charge is 0.330 e. The van der Waals surface area contributed by atoms with Gasteiger partial charge in [0.2, 0.25) is 5.91 Å². The van der Waals surface area contributed by atoms with E-state index in [0.29, 0.717) is 6.42 Å². The number of benzene rings is 2. The van der Waals surface area contributed by atoms with Crippen LogP contribution in [0.15, 0.2) is 70.3 Å². The zero-order chi connectivity index (χ0) is 25.1. The third kappa shape index (κ3) is 4.79. The number of hydrogen-bond donors (Lipinski definition) is 2. The Morgan fingerprint density at radius 2 is 1.66 bits per heavy atom. The molecule has 0 aliphatic heterocycles. The molecule has 2 heterocycles. The molecule has 180 valence electrons. The fraction of sp³-hybridized carbons (Fsp3) is 0.231. The first kappa shape index (κ1) is 23.7. The summed E-state index contributed by atoms with van der Waals surface area (Å²) in [6, 6.07) is 19.1. The Bertz CT molecular complexity index is 1470. The van der Waals surface area contributed by atoms with Gasteiger partial charge in [0.15, 0.2) is 5.69 Å². The van der Waals surface area contributed by atoms with Crippen LogP contribution in [0.2, 0.25) is 0 Å². The van der Waals surface area contributed by atoms with Crippen molar-refractivity contribution in [2.24, 2.45) is 0 Å². The molecule has 0 radical (unpaired) electrons. The average molecular weight is 473 g/mol. The molecule has 0 saturated heterocycles. The topological polar surface area (TPSA) is 119 Å². The van der Waals surface area contributed by atoms with Crippen molar-refractivity contribution in [3.05, 3.63) is 104 Å². The van der Waals surface area contributed by atoms with Gasteiger partial charge in [-0.25, -0.2) is 9.48 Å². The second kappa shape index (κ2) is 9.84. The van der Waals surface area contributed by atoms with E-state index in [9.17, 15) is 14.4 Å². The molecule has 2 aromatic carbocycles. The zero-order valence-corrected chi connectivity index (χ0v) is 20.0. The summed E-state index contributed by atoms with van der Waals surface area (Å²) in [5, 5.41) is 4.63. The van der Waals surface area contributed by atoms with Crippen LogP contribution in [-0.4, -0.2) is 32.3 Å². The molecule has 2 aromatic heterocycles. The number of carbonyl (C=O) groups excluding carboxylic acids is 1. The minimum absolute atomic E-state index is 0.0426. The SMILES string of the molecule is Cc1nn(-c2ccccc2)c(C)c1CCC(=O)N(C)c1c(N)n(Cc2ccccc2)c(=O)[nH]c1=O. The van der Waals surface area contributed by atoms with E-state index >= 15 is 0 Å². The van der Waals surface area contributed by atoms with Crippen LogP contribution in [0.5, 0.6) is 0 Å². The van der Waals surface area contributed by atoms with Gasteiger partial charge in [-0.05, 0) is 43.5 Å². The summed E-state index contributed by atoms with van der Waals surface area (Å²) in [7, 11) is 1.49. The van der Waals surface area contributed by atoms with Crippen molar-refractivity contribution in [1.82, 2.24) is 19.3 Å². The Balaban J connectivity index is 1.56. The Morgan fingerprint density at radius 3 is 2.31 bits per heavy atom. The Morgan fingerprint density at radius 1 is 1.03 bits per heavy atom. The summed E-state index contributed by atoms with van der Waals surface area (Å²) >= 11 is 0. The van der Waals surface area contributed by atoms with Crippen molar-refractivity contribution >= 4 is 17.4 Å². The molecule has 9 nitrogen and oxygen atoms in total. The molecule has 35 heavy (non-hydrogen) atoms. The number of aromatic amines is 1. The lowest BCUT2D eigenvalue weighted by atomic mass is 10.1. The van der Waals surface area contributed by atoms with E-state index < -0.39 is 11.2 Å². The molecule has 0 aliphatic carbocycles. The molecule has 0 atom stereocenters. The van der Waals surface area contributed by atoms with Crippen molar-refractivity contribution in [3.8, 4) is 5.69 Å². The summed E-state index contributed by atoms with van der Waals surface area (Å²) in [5.74, 6) is -0.346. The second-order valence-corrected chi connectivity index (χ2v) is 8.41. The number of aromatic nitrogens is 4. The number of nitrogens with one attached hydrogen (secondary N) is 1. The number of nitrogens with zero attached hydrogens (tertiary/aromatic N) is 4. The number of para-hydroxylation sites is 1. The number of H-pyrrole nitrogens is 1. The molecule has 4 rings (SSSR count). The molecule has 0 unspecified atom stereocenters. The summed E-state index contributed by atoms with van der Waals surface area (Å²) in [5.41, 5.74) is 9.43. The first-order chi connectivity index (χ1) is 16.8. The normalized spacial score (nSPS) is 10.9. The van der Waals surface area contributed by atoms with Crippen LogP contribution < -0.4 is 21.9 Å². The average Bonchev–Trinajstić information content (AvgIpc) is 3.14. The first-order valence-electron chi connectivity index (χ1n) is 11.3. The minimum atomic E-state index is -0.697. The van der Waals surface area contributed by atoms with E-state index in [2.05, 4.69) is 10.1 Å². The van der Waals surface area contributed by atoms with Crippen LogP contribution in [0.3, 0.4) is 0 Å². The maximum Gasteiger partial charge on any atom is 0.330 e. The van der Waals surface area contributed by atoms with Gasteiger partial charge in [-0.3, -0.25) is 19.1 Å². The van der Waals surface area contributed by atoms with E-state index in [1.165, 1.54) is 16.5 Å². The summed E-state index contributed by atoms with van der Waals surface area (Å²) in [6.07, 6.45) is 0.602. The fourth-order valence-corrected chi connectivity index (χ4v) is 4.21. The van der Waals surface area contributed by atoms with Gasteiger partial charge in [0.05, 0.1) is 17.9 Å². The highest BCUT2D eigenvalue weighted by Gasteiger charge is 2.22. The maximum absolute atomic E-state index is 13.1. The summed E-state index contributed by atoms with van der Waals surface area (Å²) < 4.78 is 3.12. The number of amides is 1. The number of carbonyl (C=O) groups is 1. The molecule has 0 spiro atoms. The highest BCUT2D eigenvalue weighted by molar-refractivity contribution is 5.95. The molecule has 4 aromatic rings. The van der Waals surface area contributed by atoms with Crippen LogP contribution in [-0.2, 0) is 17.8 Å². The third-order valence-electron chi connectivity index (χ3n) is 6.14. The van der Waals surface area contributed by atoms with Gasteiger partial charge in [0.25, 0.3) is 5.56 Å². The van der Waals surface area contributed by atoms with E-state index in [1.807, 2.05) is 79.2 Å². The van der Waals surface area contributed by atoms with Crippen molar-refractivity contribution in [2.45, 2.75) is 33.2 Å². The highest BCUT2D eigenvalue weighted by atomic mass is 16.2. The number of nitrogens with two attached hydrogens (primary N) is 1. The lowest BCUT2D eigenvalue weighted by Gasteiger charge is -2.20. The van der Waals surface area contributed by atoms with Gasteiger partial charge < -0.3 is 10.6 Å². The van der Waals surface area contributed by atoms with E-state index in [-0.39, 0.29) is 30.4 Å². The van der Waals surface area contributed by atoms with Gasteiger partial charge in [0, 0.05) is 19.2 Å². The lowest BCUT2D eigenvalue weighted by Crippen LogP contribution is -2.39. The van der Waals surface area contributed by atoms with Crippen molar-refractivity contribution in [3.63, 3.8) is 0 Å².